The third-order valence-corrected chi connectivity index (χ3v) is 8.65. The first kappa shape index (κ1) is 27.0. The van der Waals surface area contributed by atoms with Crippen LogP contribution in [0.5, 0.6) is 0 Å². The quantitative estimate of drug-likeness (QED) is 0.310. The summed E-state index contributed by atoms with van der Waals surface area (Å²) in [6, 6.07) is 19.6. The van der Waals surface area contributed by atoms with E-state index < -0.39 is 21.5 Å². The summed E-state index contributed by atoms with van der Waals surface area (Å²) in [7, 11) is -5.39. The lowest BCUT2D eigenvalue weighted by molar-refractivity contribution is -0.0490. The van der Waals surface area contributed by atoms with Gasteiger partial charge in [-0.1, -0.05) is 41.9 Å². The Morgan fingerprint density at radius 3 is 2.05 bits per heavy atom. The molecule has 204 valence electrons. The highest BCUT2D eigenvalue weighted by Gasteiger charge is 2.50. The molecule has 1 aliphatic heterocycles. The van der Waals surface area contributed by atoms with Crippen LogP contribution in [-0.2, 0) is 10.0 Å². The van der Waals surface area contributed by atoms with Gasteiger partial charge in [-0.15, -0.1) is 0 Å². The van der Waals surface area contributed by atoms with Crippen molar-refractivity contribution >= 4 is 44.3 Å². The third-order valence-electron chi connectivity index (χ3n) is 6.77. The number of piperazine rings is 1. The number of carboxylic acid groups (broad SMARTS) is 1. The molecule has 1 saturated heterocycles. The molecule has 0 spiro atoms. The van der Waals surface area contributed by atoms with E-state index in [9.17, 15) is 31.5 Å². The fraction of sp³-hybridized carbons (Fsp3) is 0.231. The molecular formula is C26H22ClF3N4O4S. The molecule has 39 heavy (non-hydrogen) atoms. The van der Waals surface area contributed by atoms with E-state index in [4.69, 9.17) is 11.6 Å². The highest BCUT2D eigenvalue weighted by molar-refractivity contribution is 7.90. The smallest absolute Gasteiger partial charge is 0.478 e. The van der Waals surface area contributed by atoms with Gasteiger partial charge < -0.3 is 10.0 Å². The minimum Gasteiger partial charge on any atom is -0.478 e. The van der Waals surface area contributed by atoms with Crippen molar-refractivity contribution in [3.8, 4) is 0 Å². The first-order valence-electron chi connectivity index (χ1n) is 11.8. The molecule has 2 heterocycles. The SMILES string of the molecule is O=C(O)c1ccc([C@H](c2ccc(Cl)cc2)c2ccc3[nH]nc(N4CCN(S(=O)(=O)C(F)(F)F)CC4)c3c2)cc1. The number of H-pyrrole nitrogens is 1. The normalized spacial score (nSPS) is 15.9. The molecule has 1 atom stereocenters. The number of aromatic nitrogens is 2. The number of rotatable bonds is 6. The maximum atomic E-state index is 13.0. The maximum Gasteiger partial charge on any atom is 0.511 e. The van der Waals surface area contributed by atoms with Crippen LogP contribution in [0, 0.1) is 0 Å². The summed E-state index contributed by atoms with van der Waals surface area (Å²) in [5, 5.41) is 17.9. The number of halogens is 4. The Balaban J connectivity index is 1.50. The molecule has 0 radical (unpaired) electrons. The number of sulfonamides is 1. The highest BCUT2D eigenvalue weighted by Crippen LogP contribution is 2.36. The van der Waals surface area contributed by atoms with Crippen molar-refractivity contribution in [2.45, 2.75) is 11.4 Å². The van der Waals surface area contributed by atoms with Gasteiger partial charge in [-0.05, 0) is 53.1 Å². The summed E-state index contributed by atoms with van der Waals surface area (Å²) in [6.07, 6.45) is 0. The Morgan fingerprint density at radius 1 is 0.923 bits per heavy atom. The molecule has 8 nitrogen and oxygen atoms in total. The summed E-state index contributed by atoms with van der Waals surface area (Å²) >= 11 is 6.11. The zero-order valence-corrected chi connectivity index (χ0v) is 21.8. The molecule has 13 heteroatoms. The number of benzene rings is 3. The van der Waals surface area contributed by atoms with E-state index in [1.54, 1.807) is 29.2 Å². The lowest BCUT2D eigenvalue weighted by atomic mass is 9.84. The minimum atomic E-state index is -5.39. The van der Waals surface area contributed by atoms with E-state index >= 15 is 0 Å². The van der Waals surface area contributed by atoms with Gasteiger partial charge in [0, 0.05) is 42.5 Å². The molecule has 1 fully saturated rings. The molecule has 2 N–H and O–H groups in total. The van der Waals surface area contributed by atoms with E-state index in [2.05, 4.69) is 10.2 Å². The zero-order valence-electron chi connectivity index (χ0n) is 20.2. The number of aromatic amines is 1. The monoisotopic (exact) mass is 578 g/mol. The second-order valence-electron chi connectivity index (χ2n) is 9.10. The summed E-state index contributed by atoms with van der Waals surface area (Å²) in [5.74, 6) is -0.810. The van der Waals surface area contributed by atoms with E-state index in [1.807, 2.05) is 30.3 Å². The second-order valence-corrected chi connectivity index (χ2v) is 11.5. The van der Waals surface area contributed by atoms with Crippen LogP contribution in [0.25, 0.3) is 10.9 Å². The lowest BCUT2D eigenvalue weighted by Crippen LogP contribution is -2.52. The maximum absolute atomic E-state index is 13.0. The van der Waals surface area contributed by atoms with Crippen molar-refractivity contribution in [1.82, 2.24) is 14.5 Å². The molecule has 0 bridgehead atoms. The number of hydrogen-bond donors (Lipinski definition) is 2. The van der Waals surface area contributed by atoms with E-state index in [1.165, 1.54) is 12.1 Å². The van der Waals surface area contributed by atoms with E-state index in [0.29, 0.717) is 20.7 Å². The number of anilines is 1. The Labute approximate surface area is 226 Å². The predicted molar refractivity (Wildman–Crippen MR) is 141 cm³/mol. The van der Waals surface area contributed by atoms with E-state index in [-0.39, 0.29) is 37.7 Å². The van der Waals surface area contributed by atoms with Crippen molar-refractivity contribution < 1.29 is 31.5 Å². The molecule has 4 aromatic rings. The van der Waals surface area contributed by atoms with Gasteiger partial charge in [0.25, 0.3) is 0 Å². The number of fused-ring (bicyclic) bond motifs is 1. The lowest BCUT2D eigenvalue weighted by Gasteiger charge is -2.34. The van der Waals surface area contributed by atoms with Crippen LogP contribution in [0.15, 0.2) is 66.7 Å². The van der Waals surface area contributed by atoms with Crippen LogP contribution in [-0.4, -0.2) is 65.7 Å². The average Bonchev–Trinajstić information content (AvgIpc) is 3.33. The molecule has 0 saturated carbocycles. The molecule has 0 unspecified atom stereocenters. The van der Waals surface area contributed by atoms with Crippen LogP contribution in [0.4, 0.5) is 19.0 Å². The summed E-state index contributed by atoms with van der Waals surface area (Å²) in [6.45, 7) is -0.564. The first-order valence-corrected chi connectivity index (χ1v) is 13.7. The summed E-state index contributed by atoms with van der Waals surface area (Å²) in [4.78, 5) is 13.1. The third kappa shape index (κ3) is 5.19. The molecule has 0 aliphatic carbocycles. The standard InChI is InChI=1S/C26H22ClF3N4O4S/c27-20-8-5-17(6-9-20)23(16-1-3-18(4-2-16)25(35)36)19-7-10-22-21(15-19)24(32-31-22)33-11-13-34(14-12-33)39(37,38)26(28,29)30/h1-10,15,23H,11-14H2,(H,31,32)(H,35,36)/t23-/m1/s1. The molecule has 3 aromatic carbocycles. The van der Waals surface area contributed by atoms with Gasteiger partial charge in [0.15, 0.2) is 5.82 Å². The Bertz CT molecular complexity index is 1620. The number of alkyl halides is 3. The van der Waals surface area contributed by atoms with Gasteiger partial charge in [0.1, 0.15) is 0 Å². The van der Waals surface area contributed by atoms with Gasteiger partial charge in [0.05, 0.1) is 11.1 Å². The average molecular weight is 579 g/mol. The molecular weight excluding hydrogens is 557 g/mol. The van der Waals surface area contributed by atoms with E-state index in [0.717, 1.165) is 22.1 Å². The van der Waals surface area contributed by atoms with Crippen molar-refractivity contribution in [2.24, 2.45) is 0 Å². The number of aromatic carboxylic acids is 1. The van der Waals surface area contributed by atoms with Crippen LogP contribution < -0.4 is 4.90 Å². The minimum absolute atomic E-state index is 0.0384. The van der Waals surface area contributed by atoms with Gasteiger partial charge in [-0.25, -0.2) is 13.2 Å². The number of nitrogens with zero attached hydrogens (tertiary/aromatic N) is 3. The fourth-order valence-electron chi connectivity index (χ4n) is 4.78. The largest absolute Gasteiger partial charge is 0.511 e. The van der Waals surface area contributed by atoms with Crippen LogP contribution in [0.3, 0.4) is 0 Å². The summed E-state index contributed by atoms with van der Waals surface area (Å²) in [5.41, 5.74) is -1.85. The number of hydrogen-bond acceptors (Lipinski definition) is 5. The van der Waals surface area contributed by atoms with Gasteiger partial charge in [-0.2, -0.15) is 22.6 Å². The molecule has 1 aliphatic rings. The number of carboxylic acids is 1. The van der Waals surface area contributed by atoms with Crippen LogP contribution in [0.1, 0.15) is 33.0 Å². The van der Waals surface area contributed by atoms with Crippen molar-refractivity contribution in [3.63, 3.8) is 0 Å². The first-order chi connectivity index (χ1) is 18.5. The van der Waals surface area contributed by atoms with Crippen LogP contribution >= 0.6 is 11.6 Å². The Kier molecular flexibility index (Phi) is 7.04. The van der Waals surface area contributed by atoms with Gasteiger partial charge in [-0.3, -0.25) is 5.10 Å². The topological polar surface area (TPSA) is 107 Å². The molecule has 1 aromatic heterocycles. The Hall–Kier alpha value is -3.61. The second kappa shape index (κ2) is 10.2. The predicted octanol–water partition coefficient (Wildman–Crippen LogP) is 5.07. The van der Waals surface area contributed by atoms with Crippen molar-refractivity contribution in [1.29, 1.82) is 0 Å². The number of carbonyl (C=O) groups is 1. The van der Waals surface area contributed by atoms with Crippen LogP contribution in [0.2, 0.25) is 5.02 Å². The van der Waals surface area contributed by atoms with Gasteiger partial charge in [0.2, 0.25) is 0 Å². The summed E-state index contributed by atoms with van der Waals surface area (Å²) < 4.78 is 63.0. The van der Waals surface area contributed by atoms with Crippen molar-refractivity contribution in [2.75, 3.05) is 31.1 Å². The van der Waals surface area contributed by atoms with Crippen molar-refractivity contribution in [3.05, 3.63) is 94.0 Å². The molecule has 0 amide bonds. The Morgan fingerprint density at radius 2 is 1.49 bits per heavy atom. The highest BCUT2D eigenvalue weighted by atomic mass is 35.5. The molecule has 5 rings (SSSR count). The number of nitrogens with one attached hydrogen (secondary N) is 1. The van der Waals surface area contributed by atoms with Gasteiger partial charge >= 0.3 is 21.5 Å². The zero-order chi connectivity index (χ0) is 27.9. The fourth-order valence-corrected chi connectivity index (χ4v) is 5.84.